The van der Waals surface area contributed by atoms with Crippen molar-refractivity contribution in [2.24, 2.45) is 0 Å². The lowest BCUT2D eigenvalue weighted by Crippen LogP contribution is -2.49. The van der Waals surface area contributed by atoms with Gasteiger partial charge in [-0.05, 0) is 56.7 Å². The van der Waals surface area contributed by atoms with Gasteiger partial charge in [-0.15, -0.1) is 0 Å². The number of hydrogen-bond donors (Lipinski definition) is 1. The molecule has 1 unspecified atom stereocenters. The van der Waals surface area contributed by atoms with Gasteiger partial charge in [0, 0.05) is 51.0 Å². The number of piperidine rings is 1. The van der Waals surface area contributed by atoms with Crippen molar-refractivity contribution in [2.75, 3.05) is 49.5 Å². The summed E-state index contributed by atoms with van der Waals surface area (Å²) in [6, 6.07) is 13.1. The first-order chi connectivity index (χ1) is 17.7. The molecule has 2 aromatic rings. The lowest BCUT2D eigenvalue weighted by atomic mass is 10.0. The van der Waals surface area contributed by atoms with Crippen molar-refractivity contribution in [1.82, 2.24) is 19.8 Å². The molecule has 3 fully saturated rings. The number of aromatic nitrogens is 2. The molecule has 7 nitrogen and oxygen atoms in total. The molecule has 1 aromatic carbocycles. The fourth-order valence-electron chi connectivity index (χ4n) is 6.06. The Labute approximate surface area is 216 Å². The van der Waals surface area contributed by atoms with Gasteiger partial charge >= 0.3 is 0 Å². The molecule has 1 aromatic heterocycles. The van der Waals surface area contributed by atoms with Crippen LogP contribution in [0.3, 0.4) is 0 Å². The van der Waals surface area contributed by atoms with Gasteiger partial charge in [0.1, 0.15) is 5.82 Å². The zero-order valence-corrected chi connectivity index (χ0v) is 21.7. The fraction of sp³-hybridized carbons (Fsp3) is 0.621. The first kappa shape index (κ1) is 25.0. The number of nitrogens with zero attached hydrogens (tertiary/aromatic N) is 5. The highest BCUT2D eigenvalue weighted by Crippen LogP contribution is 2.24. The monoisotopic (exact) mass is 490 g/mol. The highest BCUT2D eigenvalue weighted by Gasteiger charge is 2.29. The van der Waals surface area contributed by atoms with E-state index in [4.69, 9.17) is 4.98 Å². The van der Waals surface area contributed by atoms with E-state index in [9.17, 15) is 4.79 Å². The predicted octanol–water partition coefficient (Wildman–Crippen LogP) is 4.36. The van der Waals surface area contributed by atoms with Gasteiger partial charge in [-0.2, -0.15) is 4.98 Å². The first-order valence-electron chi connectivity index (χ1n) is 14.1. The summed E-state index contributed by atoms with van der Waals surface area (Å²) in [5, 5.41) is 3.68. The second kappa shape index (κ2) is 12.5. The SMILES string of the molecule is O=C(Cc1ccccc1)N1CCC(N2CCCCC(Nc3nccc(N4CCCCCC4)n3)C2)CC1. The third-order valence-electron chi connectivity index (χ3n) is 8.14. The smallest absolute Gasteiger partial charge is 0.226 e. The average Bonchev–Trinajstić information content (AvgIpc) is 3.33. The van der Waals surface area contributed by atoms with Crippen molar-refractivity contribution >= 4 is 17.7 Å². The Hall–Kier alpha value is -2.67. The van der Waals surface area contributed by atoms with Gasteiger partial charge in [-0.25, -0.2) is 4.98 Å². The second-order valence-corrected chi connectivity index (χ2v) is 10.7. The van der Waals surface area contributed by atoms with E-state index in [2.05, 4.69) is 31.1 Å². The normalized spacial score (nSPS) is 22.6. The minimum Gasteiger partial charge on any atom is -0.356 e. The molecule has 0 spiro atoms. The molecule has 0 saturated carbocycles. The van der Waals surface area contributed by atoms with Crippen molar-refractivity contribution in [2.45, 2.75) is 76.3 Å². The molecule has 194 valence electrons. The van der Waals surface area contributed by atoms with Crippen molar-refractivity contribution in [3.05, 3.63) is 48.2 Å². The number of rotatable bonds is 6. The van der Waals surface area contributed by atoms with Gasteiger partial charge in [-0.1, -0.05) is 49.6 Å². The summed E-state index contributed by atoms with van der Waals surface area (Å²) in [7, 11) is 0. The number of benzene rings is 1. The maximum atomic E-state index is 12.8. The Bertz CT molecular complexity index is 953. The van der Waals surface area contributed by atoms with Crippen LogP contribution in [0, 0.1) is 0 Å². The molecular weight excluding hydrogens is 448 g/mol. The van der Waals surface area contributed by atoms with E-state index in [-0.39, 0.29) is 5.91 Å². The summed E-state index contributed by atoms with van der Waals surface area (Å²) in [4.78, 5) is 29.4. The minimum atomic E-state index is 0.261. The van der Waals surface area contributed by atoms with E-state index in [1.54, 1.807) is 0 Å². The largest absolute Gasteiger partial charge is 0.356 e. The molecule has 1 N–H and O–H groups in total. The summed E-state index contributed by atoms with van der Waals surface area (Å²) >= 11 is 0. The van der Waals surface area contributed by atoms with Crippen molar-refractivity contribution in [1.29, 1.82) is 0 Å². The van der Waals surface area contributed by atoms with E-state index >= 15 is 0 Å². The quantitative estimate of drug-likeness (QED) is 0.649. The van der Waals surface area contributed by atoms with E-state index in [1.165, 1.54) is 38.5 Å². The minimum absolute atomic E-state index is 0.261. The molecule has 0 bridgehead atoms. The van der Waals surface area contributed by atoms with E-state index in [1.807, 2.05) is 36.5 Å². The van der Waals surface area contributed by atoms with Crippen LogP contribution < -0.4 is 10.2 Å². The topological polar surface area (TPSA) is 64.6 Å². The third kappa shape index (κ3) is 6.75. The Kier molecular flexibility index (Phi) is 8.70. The molecule has 3 aliphatic heterocycles. The molecule has 4 heterocycles. The number of likely N-dealkylation sites (tertiary alicyclic amines) is 2. The van der Waals surface area contributed by atoms with Crippen LogP contribution in [0.25, 0.3) is 0 Å². The van der Waals surface area contributed by atoms with Crippen LogP contribution in [0.2, 0.25) is 0 Å². The number of carbonyl (C=O) groups is 1. The summed E-state index contributed by atoms with van der Waals surface area (Å²) in [5.74, 6) is 2.09. The van der Waals surface area contributed by atoms with Gasteiger partial charge in [0.05, 0.1) is 6.42 Å². The molecule has 36 heavy (non-hydrogen) atoms. The van der Waals surface area contributed by atoms with Crippen molar-refractivity contribution in [3.8, 4) is 0 Å². The van der Waals surface area contributed by atoms with Gasteiger partial charge in [0.15, 0.2) is 0 Å². The highest BCUT2D eigenvalue weighted by atomic mass is 16.2. The second-order valence-electron chi connectivity index (χ2n) is 10.7. The van der Waals surface area contributed by atoms with Crippen LogP contribution >= 0.6 is 0 Å². The molecule has 7 heteroatoms. The van der Waals surface area contributed by atoms with Gasteiger partial charge in [0.25, 0.3) is 0 Å². The van der Waals surface area contributed by atoms with Crippen molar-refractivity contribution < 1.29 is 4.79 Å². The summed E-state index contributed by atoms with van der Waals surface area (Å²) in [6.45, 7) is 6.10. The number of anilines is 2. The fourth-order valence-corrected chi connectivity index (χ4v) is 6.06. The molecule has 0 aliphatic carbocycles. The standard InChI is InChI=1S/C29H42N6O/c36-28(22-24-10-4-3-5-11-24)34-20-14-26(15-21-34)35-19-9-6-12-25(23-35)31-29-30-16-13-27(32-29)33-17-7-1-2-8-18-33/h3-5,10-11,13,16,25-26H,1-2,6-9,12,14-15,17-23H2,(H,30,31,32). The highest BCUT2D eigenvalue weighted by molar-refractivity contribution is 5.78. The Morgan fingerprint density at radius 1 is 0.861 bits per heavy atom. The number of carbonyl (C=O) groups excluding carboxylic acids is 1. The van der Waals surface area contributed by atoms with Gasteiger partial charge in [-0.3, -0.25) is 9.69 Å². The molecule has 0 radical (unpaired) electrons. The summed E-state index contributed by atoms with van der Waals surface area (Å²) in [5.41, 5.74) is 1.10. The van der Waals surface area contributed by atoms with Crippen LogP contribution in [-0.4, -0.2) is 77.0 Å². The Morgan fingerprint density at radius 2 is 1.61 bits per heavy atom. The molecular formula is C29H42N6O. The van der Waals surface area contributed by atoms with Crippen LogP contribution in [-0.2, 0) is 11.2 Å². The van der Waals surface area contributed by atoms with Gasteiger partial charge < -0.3 is 15.1 Å². The number of hydrogen-bond acceptors (Lipinski definition) is 6. The first-order valence-corrected chi connectivity index (χ1v) is 14.1. The van der Waals surface area contributed by atoms with Gasteiger partial charge in [0.2, 0.25) is 11.9 Å². The zero-order valence-electron chi connectivity index (χ0n) is 21.7. The average molecular weight is 491 g/mol. The maximum Gasteiger partial charge on any atom is 0.226 e. The van der Waals surface area contributed by atoms with E-state index in [0.29, 0.717) is 18.5 Å². The summed E-state index contributed by atoms with van der Waals surface area (Å²) in [6.07, 6.45) is 13.3. The van der Waals surface area contributed by atoms with Crippen LogP contribution in [0.1, 0.15) is 63.4 Å². The molecule has 3 saturated heterocycles. The lowest BCUT2D eigenvalue weighted by molar-refractivity contribution is -0.132. The predicted molar refractivity (Wildman–Crippen MR) is 145 cm³/mol. The van der Waals surface area contributed by atoms with Crippen LogP contribution in [0.15, 0.2) is 42.6 Å². The lowest BCUT2D eigenvalue weighted by Gasteiger charge is -2.39. The number of amides is 1. The molecule has 1 amide bonds. The Balaban J connectivity index is 1.14. The zero-order chi connectivity index (χ0) is 24.6. The van der Waals surface area contributed by atoms with Crippen molar-refractivity contribution in [3.63, 3.8) is 0 Å². The molecule has 1 atom stereocenters. The van der Waals surface area contributed by atoms with Crippen LogP contribution in [0.4, 0.5) is 11.8 Å². The Morgan fingerprint density at radius 3 is 2.39 bits per heavy atom. The molecule has 3 aliphatic rings. The molecule has 5 rings (SSSR count). The summed E-state index contributed by atoms with van der Waals surface area (Å²) < 4.78 is 0. The van der Waals surface area contributed by atoms with E-state index < -0.39 is 0 Å². The van der Waals surface area contributed by atoms with Crippen LogP contribution in [0.5, 0.6) is 0 Å². The third-order valence-corrected chi connectivity index (χ3v) is 8.14. The number of nitrogens with one attached hydrogen (secondary N) is 1. The van der Waals surface area contributed by atoms with E-state index in [0.717, 1.165) is 75.9 Å². The maximum absolute atomic E-state index is 12.8.